The second-order valence-corrected chi connectivity index (χ2v) is 6.67. The van der Waals surface area contributed by atoms with Crippen LogP contribution in [0.5, 0.6) is 0 Å². The Morgan fingerprint density at radius 3 is 2.93 bits per heavy atom. The van der Waals surface area contributed by atoms with Crippen molar-refractivity contribution in [2.75, 3.05) is 39.9 Å². The zero-order chi connectivity index (χ0) is 19.1. The van der Waals surface area contributed by atoms with Crippen LogP contribution in [-0.2, 0) is 11.3 Å². The fourth-order valence-electron chi connectivity index (χ4n) is 3.16. The van der Waals surface area contributed by atoms with Crippen LogP contribution in [0.4, 0.5) is 4.79 Å². The molecule has 1 fully saturated rings. The van der Waals surface area contributed by atoms with E-state index in [2.05, 4.69) is 27.3 Å². The topological polar surface area (TPSA) is 83.7 Å². The molecule has 1 saturated heterocycles. The number of nitrogens with zero attached hydrogens (tertiary/aromatic N) is 4. The van der Waals surface area contributed by atoms with Crippen molar-refractivity contribution in [2.45, 2.75) is 25.9 Å². The number of amides is 2. The summed E-state index contributed by atoms with van der Waals surface area (Å²) in [5.74, 6) is 0.631. The first kappa shape index (κ1) is 19.3. The molecule has 27 heavy (non-hydrogen) atoms. The van der Waals surface area contributed by atoms with Crippen molar-refractivity contribution in [3.63, 3.8) is 0 Å². The van der Waals surface area contributed by atoms with Crippen LogP contribution >= 0.6 is 0 Å². The first-order chi connectivity index (χ1) is 13.2. The van der Waals surface area contributed by atoms with Crippen molar-refractivity contribution in [3.8, 4) is 11.3 Å². The SMILES string of the molecule is CC[C@H](CNC(=O)N(C)Cc1cc(-c2cccnc2)no1)N1CCOCC1. The number of rotatable bonds is 7. The monoisotopic (exact) mass is 373 g/mol. The molecular weight excluding hydrogens is 346 g/mol. The maximum atomic E-state index is 12.4. The van der Waals surface area contributed by atoms with Crippen LogP contribution in [-0.4, -0.2) is 71.9 Å². The molecule has 3 heterocycles. The van der Waals surface area contributed by atoms with E-state index in [0.29, 0.717) is 30.6 Å². The minimum Gasteiger partial charge on any atom is -0.379 e. The van der Waals surface area contributed by atoms with Gasteiger partial charge in [-0.1, -0.05) is 12.1 Å². The van der Waals surface area contributed by atoms with Crippen LogP contribution < -0.4 is 5.32 Å². The Morgan fingerprint density at radius 2 is 2.22 bits per heavy atom. The van der Waals surface area contributed by atoms with Gasteiger partial charge < -0.3 is 19.5 Å². The summed E-state index contributed by atoms with van der Waals surface area (Å²) >= 11 is 0. The largest absolute Gasteiger partial charge is 0.379 e. The summed E-state index contributed by atoms with van der Waals surface area (Å²) in [5.41, 5.74) is 1.60. The summed E-state index contributed by atoms with van der Waals surface area (Å²) in [6.45, 7) is 6.47. The van der Waals surface area contributed by atoms with Crippen LogP contribution in [0, 0.1) is 0 Å². The van der Waals surface area contributed by atoms with Crippen molar-refractivity contribution in [1.29, 1.82) is 0 Å². The molecule has 1 aliphatic heterocycles. The van der Waals surface area contributed by atoms with Crippen molar-refractivity contribution in [1.82, 2.24) is 25.3 Å². The molecule has 2 aromatic heterocycles. The molecular formula is C19H27N5O3. The second-order valence-electron chi connectivity index (χ2n) is 6.67. The van der Waals surface area contributed by atoms with Crippen LogP contribution in [0.2, 0.25) is 0 Å². The Morgan fingerprint density at radius 1 is 1.41 bits per heavy atom. The summed E-state index contributed by atoms with van der Waals surface area (Å²) < 4.78 is 10.8. The molecule has 0 aliphatic carbocycles. The van der Waals surface area contributed by atoms with Crippen molar-refractivity contribution < 1.29 is 14.1 Å². The number of aromatic nitrogens is 2. The van der Waals surface area contributed by atoms with Gasteiger partial charge >= 0.3 is 6.03 Å². The number of urea groups is 1. The van der Waals surface area contributed by atoms with Gasteiger partial charge in [-0.3, -0.25) is 9.88 Å². The van der Waals surface area contributed by atoms with Gasteiger partial charge in [0, 0.05) is 56.7 Å². The summed E-state index contributed by atoms with van der Waals surface area (Å²) in [5, 5.41) is 7.08. The molecule has 0 saturated carbocycles. The van der Waals surface area contributed by atoms with E-state index in [1.807, 2.05) is 18.2 Å². The highest BCUT2D eigenvalue weighted by molar-refractivity contribution is 5.73. The Kier molecular flexibility index (Phi) is 6.78. The maximum absolute atomic E-state index is 12.4. The van der Waals surface area contributed by atoms with Crippen molar-refractivity contribution in [3.05, 3.63) is 36.4 Å². The highest BCUT2D eigenvalue weighted by atomic mass is 16.5. The first-order valence-electron chi connectivity index (χ1n) is 9.34. The molecule has 0 aromatic carbocycles. The van der Waals surface area contributed by atoms with Gasteiger partial charge in [0.15, 0.2) is 5.76 Å². The highest BCUT2D eigenvalue weighted by Crippen LogP contribution is 2.18. The minimum absolute atomic E-state index is 0.124. The van der Waals surface area contributed by atoms with Gasteiger partial charge in [-0.25, -0.2) is 4.79 Å². The molecule has 8 nitrogen and oxygen atoms in total. The van der Waals surface area contributed by atoms with Crippen LogP contribution in [0.1, 0.15) is 19.1 Å². The fraction of sp³-hybridized carbons (Fsp3) is 0.526. The number of hydrogen-bond acceptors (Lipinski definition) is 6. The highest BCUT2D eigenvalue weighted by Gasteiger charge is 2.21. The van der Waals surface area contributed by atoms with Gasteiger partial charge in [0.25, 0.3) is 0 Å². The van der Waals surface area contributed by atoms with E-state index in [9.17, 15) is 4.79 Å². The molecule has 0 radical (unpaired) electrons. The molecule has 3 rings (SSSR count). The van der Waals surface area contributed by atoms with Crippen molar-refractivity contribution >= 4 is 6.03 Å². The lowest BCUT2D eigenvalue weighted by Gasteiger charge is -2.34. The van der Waals surface area contributed by atoms with E-state index >= 15 is 0 Å². The van der Waals surface area contributed by atoms with E-state index in [0.717, 1.165) is 38.3 Å². The Bertz CT molecular complexity index is 715. The normalized spacial score (nSPS) is 16.1. The Hall–Kier alpha value is -2.45. The molecule has 0 unspecified atom stereocenters. The summed E-state index contributed by atoms with van der Waals surface area (Å²) in [6.07, 6.45) is 4.43. The molecule has 1 N–H and O–H groups in total. The number of nitrogens with one attached hydrogen (secondary N) is 1. The third kappa shape index (κ3) is 5.27. The van der Waals surface area contributed by atoms with E-state index in [-0.39, 0.29) is 6.03 Å². The Labute approximate surface area is 159 Å². The average molecular weight is 373 g/mol. The summed E-state index contributed by atoms with van der Waals surface area (Å²) in [7, 11) is 1.75. The maximum Gasteiger partial charge on any atom is 0.317 e. The lowest BCUT2D eigenvalue weighted by molar-refractivity contribution is 0.0162. The predicted octanol–water partition coefficient (Wildman–Crippen LogP) is 1.99. The number of carbonyl (C=O) groups is 1. The third-order valence-corrected chi connectivity index (χ3v) is 4.78. The minimum atomic E-state index is -0.124. The molecule has 8 heteroatoms. The van der Waals surface area contributed by atoms with Crippen LogP contribution in [0.15, 0.2) is 35.1 Å². The van der Waals surface area contributed by atoms with Gasteiger partial charge in [0.05, 0.1) is 19.8 Å². The molecule has 0 spiro atoms. The molecule has 1 atom stereocenters. The zero-order valence-electron chi connectivity index (χ0n) is 15.9. The number of hydrogen-bond donors (Lipinski definition) is 1. The van der Waals surface area contributed by atoms with E-state index in [1.54, 1.807) is 24.3 Å². The first-order valence-corrected chi connectivity index (χ1v) is 9.34. The van der Waals surface area contributed by atoms with Gasteiger partial charge in [0.2, 0.25) is 0 Å². The average Bonchev–Trinajstić information content (AvgIpc) is 3.18. The number of ether oxygens (including phenoxy) is 1. The van der Waals surface area contributed by atoms with Crippen LogP contribution in [0.3, 0.4) is 0 Å². The van der Waals surface area contributed by atoms with E-state index in [1.165, 1.54) is 0 Å². The molecule has 146 valence electrons. The van der Waals surface area contributed by atoms with Gasteiger partial charge in [-0.05, 0) is 18.6 Å². The zero-order valence-corrected chi connectivity index (χ0v) is 15.9. The smallest absolute Gasteiger partial charge is 0.317 e. The molecule has 1 aliphatic rings. The standard InChI is InChI=1S/C19H27N5O3/c1-3-16(24-7-9-26-10-8-24)13-21-19(25)23(2)14-17-11-18(22-27-17)15-5-4-6-20-12-15/h4-6,11-12,16H,3,7-10,13-14H2,1-2H3,(H,21,25)/t16-/m1/s1. The Balaban J connectivity index is 1.49. The predicted molar refractivity (Wildman–Crippen MR) is 101 cm³/mol. The van der Waals surface area contributed by atoms with E-state index in [4.69, 9.17) is 9.26 Å². The summed E-state index contributed by atoms with van der Waals surface area (Å²) in [6, 6.07) is 5.81. The van der Waals surface area contributed by atoms with Crippen LogP contribution in [0.25, 0.3) is 11.3 Å². The van der Waals surface area contributed by atoms with Gasteiger partial charge in [-0.2, -0.15) is 0 Å². The van der Waals surface area contributed by atoms with Gasteiger partial charge in [-0.15, -0.1) is 0 Å². The summed E-state index contributed by atoms with van der Waals surface area (Å²) in [4.78, 5) is 20.5. The van der Waals surface area contributed by atoms with Crippen molar-refractivity contribution in [2.24, 2.45) is 0 Å². The number of morpholine rings is 1. The second kappa shape index (κ2) is 9.48. The molecule has 0 bridgehead atoms. The van der Waals surface area contributed by atoms with E-state index < -0.39 is 0 Å². The fourth-order valence-corrected chi connectivity index (χ4v) is 3.16. The molecule has 2 amide bonds. The third-order valence-electron chi connectivity index (χ3n) is 4.78. The molecule has 2 aromatic rings. The lowest BCUT2D eigenvalue weighted by atomic mass is 10.2. The lowest BCUT2D eigenvalue weighted by Crippen LogP contribution is -2.50. The quantitative estimate of drug-likeness (QED) is 0.799. The number of pyridine rings is 1. The number of carbonyl (C=O) groups excluding carboxylic acids is 1. The van der Waals surface area contributed by atoms with Gasteiger partial charge in [0.1, 0.15) is 5.69 Å².